The summed E-state index contributed by atoms with van der Waals surface area (Å²) >= 11 is 0. The van der Waals surface area contributed by atoms with Gasteiger partial charge in [0.05, 0.1) is 57.9 Å². The van der Waals surface area contributed by atoms with Crippen molar-refractivity contribution in [2.24, 2.45) is 0 Å². The van der Waals surface area contributed by atoms with Crippen LogP contribution in [0.25, 0.3) is 126 Å². The van der Waals surface area contributed by atoms with Gasteiger partial charge in [0.15, 0.2) is 11.4 Å². The lowest BCUT2D eigenvalue weighted by Crippen LogP contribution is -1.97. The van der Waals surface area contributed by atoms with Gasteiger partial charge in [0, 0.05) is 49.4 Å². The van der Waals surface area contributed by atoms with Crippen molar-refractivity contribution >= 4 is 76.8 Å². The number of nitrogens with zero attached hydrogens (tertiary/aromatic N) is 6. The van der Waals surface area contributed by atoms with Crippen molar-refractivity contribution in [3.8, 4) is 56.5 Å². The van der Waals surface area contributed by atoms with Crippen molar-refractivity contribution in [3.63, 3.8) is 0 Å². The molecule has 3 heterocycles. The molecule has 3 aromatic heterocycles. The summed E-state index contributed by atoms with van der Waals surface area (Å²) < 4.78 is 7.37. The van der Waals surface area contributed by atoms with Crippen molar-refractivity contribution in [3.05, 3.63) is 247 Å². The number of para-hydroxylation sites is 3. The zero-order valence-corrected chi connectivity index (χ0v) is 37.0. The highest BCUT2D eigenvalue weighted by Crippen LogP contribution is 2.51. The normalized spacial score (nSPS) is 11.4. The molecule has 0 unspecified atom stereocenters. The summed E-state index contributed by atoms with van der Waals surface area (Å²) in [7, 11) is 0. The second-order valence-electron chi connectivity index (χ2n) is 17.4. The van der Waals surface area contributed by atoms with E-state index in [1.54, 1.807) is 0 Å². The first-order valence-electron chi connectivity index (χ1n) is 22.8. The third-order valence-electron chi connectivity index (χ3n) is 13.7. The first kappa shape index (κ1) is 39.4. The van der Waals surface area contributed by atoms with E-state index in [4.69, 9.17) is 13.1 Å². The predicted octanol–water partition coefficient (Wildman–Crippen LogP) is 17.0. The molecule has 0 saturated heterocycles. The third kappa shape index (κ3) is 6.09. The van der Waals surface area contributed by atoms with Gasteiger partial charge < -0.3 is 13.7 Å². The monoisotopic (exact) mass is 876 g/mol. The third-order valence-corrected chi connectivity index (χ3v) is 13.7. The molecular formula is C63H36N6. The second kappa shape index (κ2) is 15.6. The first-order valence-corrected chi connectivity index (χ1v) is 22.8. The molecule has 6 heteroatoms. The van der Waals surface area contributed by atoms with Gasteiger partial charge in [-0.2, -0.15) is 5.26 Å². The molecule has 6 nitrogen and oxygen atoms in total. The van der Waals surface area contributed by atoms with Gasteiger partial charge >= 0.3 is 0 Å². The molecule has 0 bridgehead atoms. The van der Waals surface area contributed by atoms with Crippen LogP contribution < -0.4 is 0 Å². The Morgan fingerprint density at radius 3 is 0.913 bits per heavy atom. The molecule has 0 atom stereocenters. The van der Waals surface area contributed by atoms with Gasteiger partial charge in [0.25, 0.3) is 0 Å². The van der Waals surface area contributed by atoms with Crippen molar-refractivity contribution in [1.29, 1.82) is 5.26 Å². The van der Waals surface area contributed by atoms with E-state index in [-0.39, 0.29) is 0 Å². The SMILES string of the molecule is [C-]#[N+]c1ccc(-c2ccc3c(c2)c2c(c4c5cc(-c6ccc(C#N)cc6)ccc5n(-c5ccccc5)c4c4c5cc(-c6ccc([N+]#[C-])cc6)ccc5n(-c5ccccc5)c42)n3-c2ccccc2)cc1. The second-order valence-corrected chi connectivity index (χ2v) is 17.4. The molecule has 0 saturated carbocycles. The molecule has 69 heavy (non-hydrogen) atoms. The average Bonchev–Trinajstić information content (AvgIpc) is 4.07. The van der Waals surface area contributed by atoms with Crippen molar-refractivity contribution in [1.82, 2.24) is 13.7 Å². The molecule has 13 rings (SSSR count). The van der Waals surface area contributed by atoms with E-state index in [0.29, 0.717) is 16.9 Å². The first-order chi connectivity index (χ1) is 34.1. The zero-order chi connectivity index (χ0) is 46.2. The molecule has 0 aliphatic rings. The van der Waals surface area contributed by atoms with Gasteiger partial charge in [0.1, 0.15) is 0 Å². The lowest BCUT2D eigenvalue weighted by atomic mass is 9.97. The van der Waals surface area contributed by atoms with Crippen LogP contribution in [0.15, 0.2) is 218 Å². The number of hydrogen-bond donors (Lipinski definition) is 0. The van der Waals surface area contributed by atoms with Gasteiger partial charge in [-0.15, -0.1) is 0 Å². The Balaban J connectivity index is 1.32. The number of benzene rings is 10. The molecule has 0 spiro atoms. The van der Waals surface area contributed by atoms with Gasteiger partial charge in [-0.25, -0.2) is 9.69 Å². The Hall–Kier alpha value is -9.93. The number of fused-ring (bicyclic) bond motifs is 12. The van der Waals surface area contributed by atoms with E-state index >= 15 is 0 Å². The van der Waals surface area contributed by atoms with Gasteiger partial charge in [-0.1, -0.05) is 133 Å². The van der Waals surface area contributed by atoms with Crippen molar-refractivity contribution in [2.75, 3.05) is 0 Å². The fraction of sp³-hybridized carbons (Fsp3) is 0. The molecule has 10 aromatic carbocycles. The van der Waals surface area contributed by atoms with Crippen LogP contribution in [0.3, 0.4) is 0 Å². The number of rotatable bonds is 6. The smallest absolute Gasteiger partial charge is 0.187 e. The maximum atomic E-state index is 9.71. The van der Waals surface area contributed by atoms with E-state index in [9.17, 15) is 5.26 Å². The predicted molar refractivity (Wildman–Crippen MR) is 283 cm³/mol. The maximum Gasteiger partial charge on any atom is 0.187 e. The Kier molecular flexibility index (Phi) is 8.92. The summed E-state index contributed by atoms with van der Waals surface area (Å²) in [6.45, 7) is 15.3. The van der Waals surface area contributed by atoms with Crippen LogP contribution in [0.1, 0.15) is 5.56 Å². The quantitative estimate of drug-likeness (QED) is 0.154. The zero-order valence-electron chi connectivity index (χ0n) is 37.0. The highest BCUT2D eigenvalue weighted by atomic mass is 15.0. The summed E-state index contributed by atoms with van der Waals surface area (Å²) in [4.78, 5) is 7.38. The fourth-order valence-electron chi connectivity index (χ4n) is 10.6. The Labute approximate surface area is 397 Å². The molecule has 0 radical (unpaired) electrons. The van der Waals surface area contributed by atoms with Crippen LogP contribution in [-0.2, 0) is 0 Å². The molecule has 0 aliphatic heterocycles. The standard InChI is InChI=1S/C63H36N6/c1-65-47-29-22-42(23-30-47)45-27-34-56-53(37-45)60-62(68(56)50-14-8-4-9-15-50)58-52-36-44(41-20-18-40(39-64)19-21-41)26-33-55(52)67(49-12-6-3-7-13-49)61(58)59-54-38-46(43-24-31-48(66-2)32-25-43)28-35-57(54)69(63(59)60)51-16-10-5-11-17-51/h3-38H. The Morgan fingerprint density at radius 1 is 0.333 bits per heavy atom. The maximum absolute atomic E-state index is 9.71. The summed E-state index contributed by atoms with van der Waals surface area (Å²) in [5.74, 6) is 0. The summed E-state index contributed by atoms with van der Waals surface area (Å²) in [5, 5.41) is 16.4. The average molecular weight is 877 g/mol. The fourth-order valence-corrected chi connectivity index (χ4v) is 10.6. The van der Waals surface area contributed by atoms with Crippen LogP contribution >= 0.6 is 0 Å². The topological polar surface area (TPSA) is 47.3 Å². The molecule has 13 aromatic rings. The molecule has 0 amide bonds. The summed E-state index contributed by atoms with van der Waals surface area (Å²) in [6, 6.07) is 78.4. The molecule has 0 N–H and O–H groups in total. The van der Waals surface area contributed by atoms with Gasteiger partial charge in [-0.05, 0) is 118 Å². The van der Waals surface area contributed by atoms with Crippen molar-refractivity contribution in [2.45, 2.75) is 0 Å². The number of nitriles is 1. The molecule has 318 valence electrons. The lowest BCUT2D eigenvalue weighted by Gasteiger charge is -2.13. The summed E-state index contributed by atoms with van der Waals surface area (Å²) in [5.41, 5.74) is 17.7. The number of aromatic nitrogens is 3. The Bertz CT molecular complexity index is 3850. The lowest BCUT2D eigenvalue weighted by molar-refractivity contribution is 1.17. The van der Waals surface area contributed by atoms with E-state index in [1.165, 1.54) is 0 Å². The van der Waals surface area contributed by atoms with Crippen molar-refractivity contribution < 1.29 is 0 Å². The van der Waals surface area contributed by atoms with E-state index in [0.717, 1.165) is 116 Å². The molecular weight excluding hydrogens is 841 g/mol. The van der Waals surface area contributed by atoms with Crippen LogP contribution in [-0.4, -0.2) is 13.7 Å². The minimum absolute atomic E-state index is 0.605. The Morgan fingerprint density at radius 2 is 0.623 bits per heavy atom. The minimum Gasteiger partial charge on any atom is -0.308 e. The van der Waals surface area contributed by atoms with Gasteiger partial charge in [0.2, 0.25) is 0 Å². The highest BCUT2D eigenvalue weighted by Gasteiger charge is 2.29. The largest absolute Gasteiger partial charge is 0.308 e. The van der Waals surface area contributed by atoms with E-state index < -0.39 is 0 Å². The van der Waals surface area contributed by atoms with E-state index in [1.807, 2.05) is 72.8 Å². The van der Waals surface area contributed by atoms with Crippen LogP contribution in [0.4, 0.5) is 11.4 Å². The molecule has 0 aliphatic carbocycles. The van der Waals surface area contributed by atoms with Crippen LogP contribution in [0, 0.1) is 24.5 Å². The molecule has 0 fully saturated rings. The number of hydrogen-bond acceptors (Lipinski definition) is 1. The van der Waals surface area contributed by atoms with E-state index in [2.05, 4.69) is 175 Å². The highest BCUT2D eigenvalue weighted by molar-refractivity contribution is 6.40. The minimum atomic E-state index is 0.605. The van der Waals surface area contributed by atoms with Crippen LogP contribution in [0.2, 0.25) is 0 Å². The van der Waals surface area contributed by atoms with Crippen LogP contribution in [0.5, 0.6) is 0 Å². The van der Waals surface area contributed by atoms with Gasteiger partial charge in [-0.3, -0.25) is 0 Å². The summed E-state index contributed by atoms with van der Waals surface area (Å²) in [6.07, 6.45) is 0.